The molecule has 0 amide bonds. The van der Waals surface area contributed by atoms with Crippen LogP contribution in [0.5, 0.6) is 5.75 Å². The van der Waals surface area contributed by atoms with E-state index in [9.17, 15) is 5.11 Å². The third-order valence-electron chi connectivity index (χ3n) is 4.02. The smallest absolute Gasteiger partial charge is 0.245 e. The molecule has 118 valence electrons. The van der Waals surface area contributed by atoms with Crippen LogP contribution in [-0.2, 0) is 6.54 Å². The molecule has 3 rings (SSSR count). The summed E-state index contributed by atoms with van der Waals surface area (Å²) in [6.07, 6.45) is 0. The number of aromatic hydroxyl groups is 1. The van der Waals surface area contributed by atoms with Crippen molar-refractivity contribution in [1.82, 2.24) is 24.9 Å². The molecule has 0 unspecified atom stereocenters. The van der Waals surface area contributed by atoms with Gasteiger partial charge in [-0.15, -0.1) is 0 Å². The summed E-state index contributed by atoms with van der Waals surface area (Å²) in [5.41, 5.74) is 1.62. The third kappa shape index (κ3) is 3.10. The topological polar surface area (TPSA) is 78.5 Å². The molecule has 1 aliphatic rings. The highest BCUT2D eigenvalue weighted by atomic mass is 16.5. The van der Waals surface area contributed by atoms with Crippen LogP contribution in [0, 0.1) is 13.8 Å². The highest BCUT2D eigenvalue weighted by Gasteiger charge is 2.30. The summed E-state index contributed by atoms with van der Waals surface area (Å²) in [7, 11) is 2.06. The van der Waals surface area contributed by atoms with E-state index in [0.29, 0.717) is 24.0 Å². The number of nitrogens with zero attached hydrogens (tertiary/aromatic N) is 5. The van der Waals surface area contributed by atoms with Gasteiger partial charge in [-0.3, -0.25) is 14.8 Å². The Labute approximate surface area is 129 Å². The van der Waals surface area contributed by atoms with Crippen LogP contribution in [0.2, 0.25) is 0 Å². The highest BCUT2D eigenvalue weighted by Crippen LogP contribution is 2.25. The summed E-state index contributed by atoms with van der Waals surface area (Å²) in [5, 5.41) is 13.8. The van der Waals surface area contributed by atoms with Crippen LogP contribution in [-0.4, -0.2) is 56.7 Å². The van der Waals surface area contributed by atoms with Gasteiger partial charge in [0.15, 0.2) is 5.82 Å². The normalized spacial score (nSPS) is 20.4. The second kappa shape index (κ2) is 6.02. The van der Waals surface area contributed by atoms with Crippen molar-refractivity contribution in [2.45, 2.75) is 26.4 Å². The largest absolute Gasteiger partial charge is 0.506 e. The minimum atomic E-state index is 0.0712. The van der Waals surface area contributed by atoms with E-state index in [1.807, 2.05) is 19.9 Å². The van der Waals surface area contributed by atoms with Gasteiger partial charge >= 0.3 is 0 Å². The predicted molar refractivity (Wildman–Crippen MR) is 80.3 cm³/mol. The molecule has 22 heavy (non-hydrogen) atoms. The minimum Gasteiger partial charge on any atom is -0.506 e. The maximum Gasteiger partial charge on any atom is 0.245 e. The number of hydrogen-bond donors (Lipinski definition) is 1. The lowest BCUT2D eigenvalue weighted by molar-refractivity contribution is 0.0702. The van der Waals surface area contributed by atoms with Crippen LogP contribution < -0.4 is 0 Å². The minimum absolute atomic E-state index is 0.0712. The molecule has 0 spiro atoms. The summed E-state index contributed by atoms with van der Waals surface area (Å²) in [5.74, 6) is 1.54. The summed E-state index contributed by atoms with van der Waals surface area (Å²) < 4.78 is 5.32. The fraction of sp³-hybridized carbons (Fsp3) is 0.533. The van der Waals surface area contributed by atoms with E-state index < -0.39 is 0 Å². The Kier molecular flexibility index (Phi) is 4.08. The van der Waals surface area contributed by atoms with Gasteiger partial charge in [-0.2, -0.15) is 4.98 Å². The Morgan fingerprint density at radius 3 is 2.82 bits per heavy atom. The van der Waals surface area contributed by atoms with E-state index in [1.165, 1.54) is 0 Å². The van der Waals surface area contributed by atoms with Gasteiger partial charge in [0.2, 0.25) is 5.89 Å². The monoisotopic (exact) mass is 303 g/mol. The Morgan fingerprint density at radius 2 is 2.09 bits per heavy atom. The van der Waals surface area contributed by atoms with E-state index >= 15 is 0 Å². The zero-order chi connectivity index (χ0) is 15.7. The van der Waals surface area contributed by atoms with Crippen molar-refractivity contribution in [1.29, 1.82) is 0 Å². The molecule has 3 heterocycles. The first-order chi connectivity index (χ1) is 10.5. The molecule has 2 aromatic heterocycles. The van der Waals surface area contributed by atoms with Gasteiger partial charge in [0.1, 0.15) is 11.8 Å². The number of piperazine rings is 1. The van der Waals surface area contributed by atoms with Gasteiger partial charge in [-0.25, -0.2) is 0 Å². The van der Waals surface area contributed by atoms with Crippen molar-refractivity contribution in [3.63, 3.8) is 0 Å². The second-order valence-electron chi connectivity index (χ2n) is 5.83. The van der Waals surface area contributed by atoms with E-state index in [1.54, 1.807) is 6.07 Å². The molecule has 2 aromatic rings. The zero-order valence-corrected chi connectivity index (χ0v) is 13.2. The van der Waals surface area contributed by atoms with Crippen LogP contribution in [0.15, 0.2) is 16.7 Å². The molecule has 0 aromatic carbocycles. The van der Waals surface area contributed by atoms with Gasteiger partial charge in [-0.05, 0) is 33.0 Å². The molecule has 0 aliphatic carbocycles. The average Bonchev–Trinajstić information content (AvgIpc) is 2.91. The van der Waals surface area contributed by atoms with Crippen molar-refractivity contribution in [2.75, 3.05) is 26.7 Å². The standard InChI is InChI=1S/C15H21N5O2/c1-10-4-5-14(21)12(16-10)8-20-7-6-19(3)13(9-20)15-17-11(2)18-22-15/h4-5,13,21H,6-9H2,1-3H3/t13-/m0/s1. The lowest BCUT2D eigenvalue weighted by Crippen LogP contribution is -2.46. The van der Waals surface area contributed by atoms with Crippen LogP contribution >= 0.6 is 0 Å². The zero-order valence-electron chi connectivity index (χ0n) is 13.2. The Balaban J connectivity index is 1.74. The first-order valence-electron chi connectivity index (χ1n) is 7.41. The lowest BCUT2D eigenvalue weighted by Gasteiger charge is -2.37. The number of aryl methyl sites for hydroxylation is 2. The maximum absolute atomic E-state index is 9.96. The molecule has 7 heteroatoms. The SMILES string of the molecule is Cc1ccc(O)c(CN2CCN(C)[C@H](c3nc(C)no3)C2)n1. The Bertz CT molecular complexity index is 657. The second-order valence-corrected chi connectivity index (χ2v) is 5.83. The molecular formula is C15H21N5O2. The maximum atomic E-state index is 9.96. The van der Waals surface area contributed by atoms with Gasteiger partial charge in [0.25, 0.3) is 0 Å². The van der Waals surface area contributed by atoms with Crippen LogP contribution in [0.25, 0.3) is 0 Å². The summed E-state index contributed by atoms with van der Waals surface area (Å²) in [6.45, 7) is 6.95. The molecular weight excluding hydrogens is 282 g/mol. The van der Waals surface area contributed by atoms with Crippen LogP contribution in [0.1, 0.15) is 29.1 Å². The molecule has 1 N–H and O–H groups in total. The molecule has 1 atom stereocenters. The van der Waals surface area contributed by atoms with E-state index in [0.717, 1.165) is 25.3 Å². The van der Waals surface area contributed by atoms with Gasteiger partial charge in [0, 0.05) is 31.9 Å². The molecule has 0 saturated carbocycles. The molecule has 0 radical (unpaired) electrons. The molecule has 1 fully saturated rings. The van der Waals surface area contributed by atoms with Crippen LogP contribution in [0.3, 0.4) is 0 Å². The van der Waals surface area contributed by atoms with E-state index in [2.05, 4.69) is 32.0 Å². The van der Waals surface area contributed by atoms with Crippen molar-refractivity contribution in [2.24, 2.45) is 0 Å². The summed E-state index contributed by atoms with van der Waals surface area (Å²) in [6, 6.07) is 3.58. The molecule has 0 bridgehead atoms. The van der Waals surface area contributed by atoms with Crippen molar-refractivity contribution in [3.05, 3.63) is 35.2 Å². The van der Waals surface area contributed by atoms with E-state index in [4.69, 9.17) is 4.52 Å². The number of likely N-dealkylation sites (N-methyl/N-ethyl adjacent to an activating group) is 1. The lowest BCUT2D eigenvalue weighted by atomic mass is 10.1. The number of pyridine rings is 1. The highest BCUT2D eigenvalue weighted by molar-refractivity contribution is 5.27. The Hall–Kier alpha value is -1.99. The average molecular weight is 303 g/mol. The van der Waals surface area contributed by atoms with E-state index in [-0.39, 0.29) is 11.8 Å². The molecule has 7 nitrogen and oxygen atoms in total. The van der Waals surface area contributed by atoms with Crippen molar-refractivity contribution < 1.29 is 9.63 Å². The first-order valence-corrected chi connectivity index (χ1v) is 7.41. The first kappa shape index (κ1) is 14.9. The Morgan fingerprint density at radius 1 is 1.27 bits per heavy atom. The third-order valence-corrected chi connectivity index (χ3v) is 4.02. The van der Waals surface area contributed by atoms with Gasteiger partial charge < -0.3 is 9.63 Å². The molecule has 1 saturated heterocycles. The van der Waals surface area contributed by atoms with Crippen molar-refractivity contribution >= 4 is 0 Å². The number of hydrogen-bond acceptors (Lipinski definition) is 7. The predicted octanol–water partition coefficient (Wildman–Crippen LogP) is 1.28. The van der Waals surface area contributed by atoms with Crippen LogP contribution in [0.4, 0.5) is 0 Å². The summed E-state index contributed by atoms with van der Waals surface area (Å²) in [4.78, 5) is 13.2. The number of aromatic nitrogens is 3. The summed E-state index contributed by atoms with van der Waals surface area (Å²) >= 11 is 0. The fourth-order valence-electron chi connectivity index (χ4n) is 2.72. The fourth-order valence-corrected chi connectivity index (χ4v) is 2.72. The molecule has 1 aliphatic heterocycles. The van der Waals surface area contributed by atoms with Crippen molar-refractivity contribution in [3.8, 4) is 5.75 Å². The quantitative estimate of drug-likeness (QED) is 0.915. The number of rotatable bonds is 3. The van der Waals surface area contributed by atoms with Gasteiger partial charge in [-0.1, -0.05) is 5.16 Å². The van der Waals surface area contributed by atoms with Gasteiger partial charge in [0.05, 0.1) is 5.69 Å².